The summed E-state index contributed by atoms with van der Waals surface area (Å²) < 4.78 is 40.1. The van der Waals surface area contributed by atoms with Crippen molar-refractivity contribution in [3.8, 4) is 33.4 Å². The van der Waals surface area contributed by atoms with Crippen molar-refractivity contribution >= 4 is 11.4 Å². The Morgan fingerprint density at radius 3 is 1.48 bits per heavy atom. The van der Waals surface area contributed by atoms with E-state index in [2.05, 4.69) is 47.8 Å². The molecule has 1 heteroatoms. The largest absolute Gasteiger partial charge is 0.355 e. The van der Waals surface area contributed by atoms with E-state index < -0.39 is 0 Å². The summed E-state index contributed by atoms with van der Waals surface area (Å²) in [6.07, 6.45) is 0. The third-order valence-corrected chi connectivity index (χ3v) is 5.11. The van der Waals surface area contributed by atoms with Crippen LogP contribution >= 0.6 is 0 Å². The highest BCUT2D eigenvalue weighted by Gasteiger charge is 2.06. The van der Waals surface area contributed by atoms with Gasteiger partial charge in [-0.1, -0.05) is 103 Å². The Morgan fingerprint density at radius 2 is 0.935 bits per heavy atom. The molecule has 31 heavy (non-hydrogen) atoms. The first-order valence-electron chi connectivity index (χ1n) is 12.6. The maximum atomic E-state index is 8.23. The summed E-state index contributed by atoms with van der Waals surface area (Å²) in [6.45, 7) is 0. The Hall–Kier alpha value is -4.10. The SMILES string of the molecule is [2H]c1c([2H])c([2H])c(-c2ccc(Nc3cc(-c4ccccc4)cc(-c4ccccc4)c3)cc2)c([2H])c1[2H]. The molecule has 148 valence electrons. The number of benzene rings is 5. The molecular formula is C30H23N. The van der Waals surface area contributed by atoms with Crippen LogP contribution in [0.5, 0.6) is 0 Å². The fraction of sp³-hybridized carbons (Fsp3) is 0. The minimum Gasteiger partial charge on any atom is -0.355 e. The second-order valence-corrected chi connectivity index (χ2v) is 7.23. The highest BCUT2D eigenvalue weighted by molar-refractivity contribution is 5.80. The van der Waals surface area contributed by atoms with Crippen LogP contribution in [0.15, 0.2) is 133 Å². The first-order valence-corrected chi connectivity index (χ1v) is 10.1. The molecule has 0 radical (unpaired) electrons. The van der Waals surface area contributed by atoms with Crippen LogP contribution in [0.4, 0.5) is 11.4 Å². The van der Waals surface area contributed by atoms with E-state index >= 15 is 0 Å². The van der Waals surface area contributed by atoms with Gasteiger partial charge in [0.25, 0.3) is 0 Å². The first kappa shape index (κ1) is 14.0. The fourth-order valence-corrected chi connectivity index (χ4v) is 3.58. The molecule has 0 amide bonds. The van der Waals surface area contributed by atoms with Crippen LogP contribution in [0.3, 0.4) is 0 Å². The second-order valence-electron chi connectivity index (χ2n) is 7.23. The summed E-state index contributed by atoms with van der Waals surface area (Å²) in [5, 5.41) is 3.47. The van der Waals surface area contributed by atoms with E-state index in [-0.39, 0.29) is 35.8 Å². The molecule has 5 aromatic rings. The highest BCUT2D eigenvalue weighted by atomic mass is 14.9. The molecule has 1 N–H and O–H groups in total. The zero-order valence-electron chi connectivity index (χ0n) is 21.8. The Morgan fingerprint density at radius 1 is 0.419 bits per heavy atom. The van der Waals surface area contributed by atoms with Crippen molar-refractivity contribution < 1.29 is 6.85 Å². The zero-order valence-corrected chi connectivity index (χ0v) is 16.8. The Kier molecular flexibility index (Phi) is 3.94. The second kappa shape index (κ2) is 8.73. The van der Waals surface area contributed by atoms with Crippen molar-refractivity contribution in [2.45, 2.75) is 0 Å². The van der Waals surface area contributed by atoms with Crippen molar-refractivity contribution in [3.05, 3.63) is 133 Å². The molecule has 5 rings (SSSR count). The molecule has 0 aromatic heterocycles. The van der Waals surface area contributed by atoms with E-state index in [0.29, 0.717) is 5.56 Å². The van der Waals surface area contributed by atoms with Crippen molar-refractivity contribution in [1.29, 1.82) is 0 Å². The smallest absolute Gasteiger partial charge is 0.0629 e. The maximum Gasteiger partial charge on any atom is 0.0629 e. The van der Waals surface area contributed by atoms with Gasteiger partial charge < -0.3 is 5.32 Å². The Labute approximate surface area is 190 Å². The van der Waals surface area contributed by atoms with Gasteiger partial charge in [-0.25, -0.2) is 0 Å². The molecule has 0 aliphatic heterocycles. The summed E-state index contributed by atoms with van der Waals surface area (Å²) in [5.41, 5.74) is 6.95. The third kappa shape index (κ3) is 4.41. The molecule has 0 saturated heterocycles. The van der Waals surface area contributed by atoms with E-state index in [0.717, 1.165) is 33.6 Å². The van der Waals surface area contributed by atoms with Gasteiger partial charge in [-0.2, -0.15) is 0 Å². The number of nitrogens with one attached hydrogen (secondary N) is 1. The van der Waals surface area contributed by atoms with Crippen LogP contribution in [-0.2, 0) is 0 Å². The van der Waals surface area contributed by atoms with Gasteiger partial charge in [0.1, 0.15) is 0 Å². The molecule has 0 saturated carbocycles. The topological polar surface area (TPSA) is 12.0 Å². The summed E-state index contributed by atoms with van der Waals surface area (Å²) >= 11 is 0. The fourth-order valence-electron chi connectivity index (χ4n) is 3.58. The molecule has 0 fully saturated rings. The van der Waals surface area contributed by atoms with Crippen molar-refractivity contribution in [2.24, 2.45) is 0 Å². The van der Waals surface area contributed by atoms with Gasteiger partial charge in [-0.15, -0.1) is 0 Å². The van der Waals surface area contributed by atoms with E-state index in [4.69, 9.17) is 6.85 Å². The summed E-state index contributed by atoms with van der Waals surface area (Å²) in [5.74, 6) is 0. The molecule has 0 atom stereocenters. The minimum atomic E-state index is -0.389. The first-order chi connectivity index (χ1) is 17.4. The lowest BCUT2D eigenvalue weighted by Crippen LogP contribution is -1.92. The van der Waals surface area contributed by atoms with Crippen LogP contribution < -0.4 is 5.32 Å². The molecule has 0 spiro atoms. The van der Waals surface area contributed by atoms with E-state index in [1.165, 1.54) is 0 Å². The van der Waals surface area contributed by atoms with Crippen LogP contribution in [0.25, 0.3) is 33.4 Å². The normalized spacial score (nSPS) is 12.8. The average molecular weight is 403 g/mol. The van der Waals surface area contributed by atoms with Crippen LogP contribution in [-0.4, -0.2) is 0 Å². The molecule has 0 bridgehead atoms. The summed E-state index contributed by atoms with van der Waals surface area (Å²) in [6, 6.07) is 32.6. The molecule has 0 aliphatic carbocycles. The zero-order chi connectivity index (χ0) is 25.2. The van der Waals surface area contributed by atoms with Crippen LogP contribution in [0, 0.1) is 0 Å². The number of rotatable bonds is 5. The molecular weight excluding hydrogens is 374 g/mol. The molecule has 1 nitrogen and oxygen atoms in total. The quantitative estimate of drug-likeness (QED) is 0.311. The third-order valence-electron chi connectivity index (χ3n) is 5.11. The molecule has 0 aliphatic rings. The predicted octanol–water partition coefficient (Wildman–Crippen LogP) is 8.43. The lowest BCUT2D eigenvalue weighted by atomic mass is 9.98. The Balaban J connectivity index is 1.51. The van der Waals surface area contributed by atoms with Crippen molar-refractivity contribution in [3.63, 3.8) is 0 Å². The van der Waals surface area contributed by atoms with Gasteiger partial charge in [-0.3, -0.25) is 0 Å². The lowest BCUT2D eigenvalue weighted by Gasteiger charge is -2.13. The predicted molar refractivity (Wildman–Crippen MR) is 132 cm³/mol. The van der Waals surface area contributed by atoms with E-state index in [1.807, 2.05) is 48.5 Å². The summed E-state index contributed by atoms with van der Waals surface area (Å²) in [4.78, 5) is 0. The van der Waals surface area contributed by atoms with Crippen LogP contribution in [0.2, 0.25) is 0 Å². The number of anilines is 2. The molecule has 0 unspecified atom stereocenters. The van der Waals surface area contributed by atoms with Gasteiger partial charge >= 0.3 is 0 Å². The maximum absolute atomic E-state index is 8.23. The van der Waals surface area contributed by atoms with Gasteiger partial charge in [0.2, 0.25) is 0 Å². The number of hydrogen-bond acceptors (Lipinski definition) is 1. The van der Waals surface area contributed by atoms with Crippen molar-refractivity contribution in [1.82, 2.24) is 0 Å². The monoisotopic (exact) mass is 402 g/mol. The highest BCUT2D eigenvalue weighted by Crippen LogP contribution is 2.32. The average Bonchev–Trinajstić information content (AvgIpc) is 2.92. The van der Waals surface area contributed by atoms with Gasteiger partial charge in [-0.05, 0) is 63.7 Å². The lowest BCUT2D eigenvalue weighted by molar-refractivity contribution is 1.52. The van der Waals surface area contributed by atoms with Crippen LogP contribution in [0.1, 0.15) is 6.85 Å². The minimum absolute atomic E-state index is 0.199. The summed E-state index contributed by atoms with van der Waals surface area (Å²) in [7, 11) is 0. The standard InChI is InChI=1S/C30H23N/c1-4-10-23(11-5-1)26-16-18-29(19-17-26)31-30-21-27(24-12-6-2-7-13-24)20-28(22-30)25-14-8-3-9-15-25/h1-22,31H/i1D,4D,5D,10D,11D. The molecule has 5 aromatic carbocycles. The van der Waals surface area contributed by atoms with Crippen molar-refractivity contribution in [2.75, 3.05) is 5.32 Å². The van der Waals surface area contributed by atoms with Gasteiger partial charge in [0.15, 0.2) is 0 Å². The molecule has 0 heterocycles. The Bertz CT molecular complexity index is 1450. The van der Waals surface area contributed by atoms with E-state index in [9.17, 15) is 0 Å². The van der Waals surface area contributed by atoms with Gasteiger partial charge in [0.05, 0.1) is 6.85 Å². The van der Waals surface area contributed by atoms with Gasteiger partial charge in [0, 0.05) is 11.4 Å². The number of hydrogen-bond donors (Lipinski definition) is 1. The van der Waals surface area contributed by atoms with E-state index in [1.54, 1.807) is 12.1 Å².